The Kier molecular flexibility index (Phi) is 3.66. The minimum atomic E-state index is -0.405. The molecule has 1 aliphatic heterocycles. The second-order valence-electron chi connectivity index (χ2n) is 5.72. The summed E-state index contributed by atoms with van der Waals surface area (Å²) in [5, 5.41) is 2.97. The molecule has 1 aromatic heterocycles. The van der Waals surface area contributed by atoms with Gasteiger partial charge >= 0.3 is 0 Å². The third-order valence-corrected chi connectivity index (χ3v) is 3.78. The molecule has 0 fully saturated rings. The Balaban J connectivity index is 2.11. The van der Waals surface area contributed by atoms with Crippen LogP contribution in [0.15, 0.2) is 41.3 Å². The van der Waals surface area contributed by atoms with Crippen LogP contribution in [0.4, 0.5) is 11.6 Å². The predicted molar refractivity (Wildman–Crippen MR) is 84.7 cm³/mol. The number of benzene rings is 1. The van der Waals surface area contributed by atoms with E-state index in [2.05, 4.69) is 15.3 Å². The van der Waals surface area contributed by atoms with Crippen LogP contribution in [0, 0.1) is 5.92 Å². The molecule has 1 atom stereocenters. The summed E-state index contributed by atoms with van der Waals surface area (Å²) in [6.07, 6.45) is 1.46. The third kappa shape index (κ3) is 2.59. The van der Waals surface area contributed by atoms with E-state index in [0.29, 0.717) is 12.5 Å². The van der Waals surface area contributed by atoms with Crippen LogP contribution in [0.3, 0.4) is 0 Å². The van der Waals surface area contributed by atoms with Crippen molar-refractivity contribution >= 4 is 17.5 Å². The number of nitrogens with zero attached hydrogens (tertiary/aromatic N) is 2. The molecule has 0 bridgehead atoms. The molecule has 0 radical (unpaired) electrons. The van der Waals surface area contributed by atoms with Gasteiger partial charge in [0.05, 0.1) is 0 Å². The number of nitrogens with one attached hydrogen (secondary N) is 2. The van der Waals surface area contributed by atoms with Crippen LogP contribution in [0.1, 0.15) is 19.4 Å². The van der Waals surface area contributed by atoms with Gasteiger partial charge in [-0.25, -0.2) is 4.98 Å². The van der Waals surface area contributed by atoms with Crippen molar-refractivity contribution in [2.24, 2.45) is 5.92 Å². The van der Waals surface area contributed by atoms with E-state index in [1.165, 1.54) is 12.3 Å². The maximum atomic E-state index is 12.6. The van der Waals surface area contributed by atoms with Gasteiger partial charge in [-0.2, -0.15) is 0 Å². The number of carbonyl (C=O) groups is 1. The number of para-hydroxylation sites is 1. The maximum Gasteiger partial charge on any atom is 0.252 e. The smallest absolute Gasteiger partial charge is 0.252 e. The zero-order chi connectivity index (χ0) is 15.7. The van der Waals surface area contributed by atoms with Crippen LogP contribution in [0.5, 0.6) is 0 Å². The lowest BCUT2D eigenvalue weighted by molar-refractivity contribution is -0.118. The minimum Gasteiger partial charge on any atom is -0.326 e. The van der Waals surface area contributed by atoms with E-state index in [9.17, 15) is 9.59 Å². The first kappa shape index (κ1) is 14.3. The van der Waals surface area contributed by atoms with Crippen LogP contribution in [0.2, 0.25) is 0 Å². The number of amides is 1. The lowest BCUT2D eigenvalue weighted by Crippen LogP contribution is -2.46. The highest BCUT2D eigenvalue weighted by Crippen LogP contribution is 2.27. The number of hydrogen-bond donors (Lipinski definition) is 2. The molecule has 0 unspecified atom stereocenters. The average Bonchev–Trinajstić information content (AvgIpc) is 2.62. The molecule has 2 heterocycles. The minimum absolute atomic E-state index is 0.0693. The summed E-state index contributed by atoms with van der Waals surface area (Å²) < 4.78 is 0. The molecule has 1 amide bonds. The number of rotatable bonds is 2. The predicted octanol–water partition coefficient (Wildman–Crippen LogP) is 1.75. The molecule has 6 nitrogen and oxygen atoms in total. The summed E-state index contributed by atoms with van der Waals surface area (Å²) in [5.74, 6) is 0.393. The van der Waals surface area contributed by atoms with Crippen molar-refractivity contribution in [2.45, 2.75) is 26.4 Å². The van der Waals surface area contributed by atoms with Gasteiger partial charge in [0.25, 0.3) is 5.56 Å². The van der Waals surface area contributed by atoms with Crippen molar-refractivity contribution < 1.29 is 4.79 Å². The molecule has 22 heavy (non-hydrogen) atoms. The van der Waals surface area contributed by atoms with Crippen LogP contribution in [-0.4, -0.2) is 21.9 Å². The van der Waals surface area contributed by atoms with Crippen molar-refractivity contribution in [3.63, 3.8) is 0 Å². The van der Waals surface area contributed by atoms with Gasteiger partial charge < -0.3 is 10.2 Å². The topological polar surface area (TPSA) is 78.1 Å². The Hall–Kier alpha value is -2.63. The number of anilines is 2. The van der Waals surface area contributed by atoms with Crippen LogP contribution in [-0.2, 0) is 11.3 Å². The molecule has 6 heteroatoms. The summed E-state index contributed by atoms with van der Waals surface area (Å²) in [5.41, 5.74) is 1.56. The fourth-order valence-electron chi connectivity index (χ4n) is 2.79. The molecule has 0 spiro atoms. The first-order chi connectivity index (χ1) is 10.6. The van der Waals surface area contributed by atoms with Crippen molar-refractivity contribution in [1.82, 2.24) is 9.97 Å². The van der Waals surface area contributed by atoms with E-state index in [-0.39, 0.29) is 17.4 Å². The van der Waals surface area contributed by atoms with Gasteiger partial charge in [0, 0.05) is 24.5 Å². The monoisotopic (exact) mass is 298 g/mol. The third-order valence-electron chi connectivity index (χ3n) is 3.78. The molecular weight excluding hydrogens is 280 g/mol. The fourth-order valence-corrected chi connectivity index (χ4v) is 2.79. The van der Waals surface area contributed by atoms with Gasteiger partial charge in [0.2, 0.25) is 11.9 Å². The molecule has 1 aromatic carbocycles. The zero-order valence-corrected chi connectivity index (χ0v) is 12.5. The highest BCUT2D eigenvalue weighted by atomic mass is 16.2. The molecular formula is C16H18N4O2. The van der Waals surface area contributed by atoms with Crippen LogP contribution in [0.25, 0.3) is 0 Å². The largest absolute Gasteiger partial charge is 0.326 e. The van der Waals surface area contributed by atoms with Crippen LogP contribution < -0.4 is 15.8 Å². The SMILES string of the molecule is CC(C)[C@H]1C(=O)Nc2ccccc2CN1c1nccc(=O)[nH]1. The first-order valence-corrected chi connectivity index (χ1v) is 7.27. The average molecular weight is 298 g/mol. The molecule has 0 aliphatic carbocycles. The van der Waals surface area contributed by atoms with Gasteiger partial charge in [-0.1, -0.05) is 32.0 Å². The molecule has 114 valence electrons. The molecule has 2 N–H and O–H groups in total. The number of carbonyl (C=O) groups excluding carboxylic acids is 1. The van der Waals surface area contributed by atoms with E-state index >= 15 is 0 Å². The van der Waals surface area contributed by atoms with E-state index < -0.39 is 6.04 Å². The Bertz CT molecular complexity index is 754. The van der Waals surface area contributed by atoms with Gasteiger partial charge in [-0.05, 0) is 17.5 Å². The molecule has 0 saturated heterocycles. The van der Waals surface area contributed by atoms with Crippen molar-refractivity contribution in [3.05, 3.63) is 52.4 Å². The van der Waals surface area contributed by atoms with E-state index in [0.717, 1.165) is 11.3 Å². The maximum absolute atomic E-state index is 12.6. The quantitative estimate of drug-likeness (QED) is 0.885. The summed E-state index contributed by atoms with van der Waals surface area (Å²) in [4.78, 5) is 33.0. The number of aromatic nitrogens is 2. The highest BCUT2D eigenvalue weighted by Gasteiger charge is 2.33. The molecule has 1 aliphatic rings. The number of H-pyrrole nitrogens is 1. The summed E-state index contributed by atoms with van der Waals surface area (Å²) >= 11 is 0. The summed E-state index contributed by atoms with van der Waals surface area (Å²) in [6, 6.07) is 8.63. The Morgan fingerprint density at radius 3 is 2.73 bits per heavy atom. The number of fused-ring (bicyclic) bond motifs is 1. The van der Waals surface area contributed by atoms with Crippen molar-refractivity contribution in [3.8, 4) is 0 Å². The van der Waals surface area contributed by atoms with Crippen molar-refractivity contribution in [1.29, 1.82) is 0 Å². The normalized spacial score (nSPS) is 17.9. The molecule has 0 saturated carbocycles. The van der Waals surface area contributed by atoms with E-state index in [1.54, 1.807) is 0 Å². The van der Waals surface area contributed by atoms with Gasteiger partial charge in [0.1, 0.15) is 6.04 Å². The lowest BCUT2D eigenvalue weighted by Gasteiger charge is -2.31. The Morgan fingerprint density at radius 1 is 1.23 bits per heavy atom. The highest BCUT2D eigenvalue weighted by molar-refractivity contribution is 5.98. The second-order valence-corrected chi connectivity index (χ2v) is 5.72. The molecule has 3 rings (SSSR count). The Morgan fingerprint density at radius 2 is 2.00 bits per heavy atom. The number of hydrogen-bond acceptors (Lipinski definition) is 4. The second kappa shape index (κ2) is 5.63. The summed E-state index contributed by atoms with van der Waals surface area (Å²) in [6.45, 7) is 4.47. The zero-order valence-electron chi connectivity index (χ0n) is 12.5. The fraction of sp³-hybridized carbons (Fsp3) is 0.312. The molecule has 2 aromatic rings. The first-order valence-electron chi connectivity index (χ1n) is 7.27. The van der Waals surface area contributed by atoms with E-state index in [1.807, 2.05) is 43.0 Å². The van der Waals surface area contributed by atoms with Gasteiger partial charge in [-0.3, -0.25) is 14.6 Å². The van der Waals surface area contributed by atoms with Gasteiger partial charge in [-0.15, -0.1) is 0 Å². The van der Waals surface area contributed by atoms with Crippen LogP contribution >= 0.6 is 0 Å². The number of aromatic amines is 1. The van der Waals surface area contributed by atoms with Gasteiger partial charge in [0.15, 0.2) is 0 Å². The van der Waals surface area contributed by atoms with E-state index in [4.69, 9.17) is 0 Å². The summed E-state index contributed by atoms with van der Waals surface area (Å²) in [7, 11) is 0. The standard InChI is InChI=1S/C16H18N4O2/c1-10(2)14-15(22)18-12-6-4-3-5-11(12)9-20(14)16-17-8-7-13(21)19-16/h3-8,10,14H,9H2,1-2H3,(H,18,22)(H,17,19,21)/t14-/m0/s1. The lowest BCUT2D eigenvalue weighted by atomic mass is 10.0. The Labute approximate surface area is 128 Å². The van der Waals surface area contributed by atoms with Crippen molar-refractivity contribution in [2.75, 3.05) is 10.2 Å².